The molecule has 1 aromatic carbocycles. The molecule has 3 heterocycles. The number of carbonyl (C=O) groups is 4. The van der Waals surface area contributed by atoms with E-state index in [1.807, 2.05) is 0 Å². The quantitative estimate of drug-likeness (QED) is 0.109. The van der Waals surface area contributed by atoms with Gasteiger partial charge in [0.05, 0.1) is 25.4 Å². The van der Waals surface area contributed by atoms with Crippen LogP contribution in [0.3, 0.4) is 0 Å². The Labute approximate surface area is 292 Å². The fourth-order valence-corrected chi connectivity index (χ4v) is 7.73. The van der Waals surface area contributed by atoms with E-state index in [2.05, 4.69) is 0 Å². The first kappa shape index (κ1) is 36.6. The third-order valence-corrected chi connectivity index (χ3v) is 10.4. The van der Waals surface area contributed by atoms with E-state index in [1.54, 1.807) is 37.0 Å². The van der Waals surface area contributed by atoms with Gasteiger partial charge in [0.1, 0.15) is 29.7 Å². The Morgan fingerprint density at radius 3 is 2.33 bits per heavy atom. The summed E-state index contributed by atoms with van der Waals surface area (Å²) in [5.41, 5.74) is 1.18. The third-order valence-electron chi connectivity index (χ3n) is 6.69. The molecule has 0 aliphatic carbocycles. The van der Waals surface area contributed by atoms with Crippen LogP contribution >= 0.6 is 35.3 Å². The second-order valence-electron chi connectivity index (χ2n) is 9.83. The molecule has 2 aromatic rings. The molecule has 0 bridgehead atoms. The number of thioether (sulfide) groups is 1. The molecular formula is C26H25N4NaO10S4. The smallest absolute Gasteiger partial charge is 0.748 e. The van der Waals surface area contributed by atoms with Crippen molar-refractivity contribution in [2.45, 2.75) is 31.7 Å². The Morgan fingerprint density at radius 1 is 1.11 bits per heavy atom. The van der Waals surface area contributed by atoms with Crippen molar-refractivity contribution in [3.8, 4) is 0 Å². The zero-order valence-corrected chi connectivity index (χ0v) is 29.7. The van der Waals surface area contributed by atoms with Crippen LogP contribution in [0.2, 0.25) is 0 Å². The van der Waals surface area contributed by atoms with E-state index in [0.29, 0.717) is 38.6 Å². The Bertz CT molecular complexity index is 1950. The molecule has 1 aromatic heterocycles. The predicted molar refractivity (Wildman–Crippen MR) is 165 cm³/mol. The van der Waals surface area contributed by atoms with Crippen LogP contribution in [0.5, 0.6) is 0 Å². The molecule has 14 nitrogen and oxygen atoms in total. The second kappa shape index (κ2) is 14.3. The van der Waals surface area contributed by atoms with Gasteiger partial charge in [-0.15, -0.1) is 11.3 Å². The summed E-state index contributed by atoms with van der Waals surface area (Å²) >= 11 is 7.28. The number of carboxylic acids is 2. The van der Waals surface area contributed by atoms with Gasteiger partial charge in [-0.1, -0.05) is 11.8 Å². The Hall–Kier alpha value is -2.84. The van der Waals surface area contributed by atoms with E-state index in [1.165, 1.54) is 18.8 Å². The maximum atomic E-state index is 13.6. The van der Waals surface area contributed by atoms with Crippen molar-refractivity contribution < 1.29 is 71.9 Å². The molecule has 2 N–H and O–H groups in total. The van der Waals surface area contributed by atoms with Gasteiger partial charge >= 0.3 is 41.5 Å². The van der Waals surface area contributed by atoms with E-state index in [9.17, 15) is 47.2 Å². The molecule has 234 valence electrons. The van der Waals surface area contributed by atoms with Gasteiger partial charge in [-0.2, -0.15) is 0 Å². The number of allylic oxidation sites excluding steroid dienone is 1. The number of carbonyl (C=O) groups excluding carboxylic acids is 2. The molecule has 0 saturated carbocycles. The van der Waals surface area contributed by atoms with Gasteiger partial charge in [0.15, 0.2) is 5.11 Å². The van der Waals surface area contributed by atoms with Crippen molar-refractivity contribution in [2.75, 3.05) is 30.8 Å². The molecule has 1 saturated heterocycles. The largest absolute Gasteiger partial charge is 1.00 e. The first-order valence-electron chi connectivity index (χ1n) is 12.7. The number of anilines is 1. The molecule has 1 fully saturated rings. The summed E-state index contributed by atoms with van der Waals surface area (Å²) in [5, 5.41) is 19.4. The van der Waals surface area contributed by atoms with E-state index in [0.717, 1.165) is 25.7 Å². The topological polar surface area (TPSA) is 198 Å². The van der Waals surface area contributed by atoms with Crippen LogP contribution in [-0.4, -0.2) is 92.7 Å². The first-order chi connectivity index (χ1) is 20.5. The van der Waals surface area contributed by atoms with Crippen LogP contribution in [0.25, 0.3) is 11.3 Å². The number of aryl methyl sites for hydroxylation is 1. The number of thiazole rings is 1. The summed E-state index contributed by atoms with van der Waals surface area (Å²) in [6, 6.07) is 3.44. The van der Waals surface area contributed by atoms with Crippen LogP contribution < -0.4 is 49.2 Å². The summed E-state index contributed by atoms with van der Waals surface area (Å²) in [6.45, 7) is 1.95. The SMILES string of the molecule is CC(C=C1Sc2cc(C=O)c(C)cc2N1CCCS(=O)(=O)[O-])=c1s/c(=C2\C(=O)N(C)C(=S)N2CC(=O)O)n(CC(=O)O)c1=O.[Na+]. The van der Waals surface area contributed by atoms with Gasteiger partial charge in [0.2, 0.25) is 0 Å². The van der Waals surface area contributed by atoms with Crippen molar-refractivity contribution in [3.05, 3.63) is 53.9 Å². The van der Waals surface area contributed by atoms with Crippen molar-refractivity contribution >= 4 is 91.6 Å². The van der Waals surface area contributed by atoms with Gasteiger partial charge in [-0.05, 0) is 61.8 Å². The number of likely N-dealkylation sites (N-methyl/N-ethyl adjacent to an activating group) is 1. The Balaban J connectivity index is 0.00000552. The molecule has 1 amide bonds. The normalized spacial score (nSPS) is 17.5. The van der Waals surface area contributed by atoms with Gasteiger partial charge < -0.3 is 19.7 Å². The number of aromatic nitrogens is 1. The zero-order valence-electron chi connectivity index (χ0n) is 24.4. The van der Waals surface area contributed by atoms with E-state index in [4.69, 9.17) is 12.2 Å². The van der Waals surface area contributed by atoms with Crippen molar-refractivity contribution in [2.24, 2.45) is 0 Å². The molecule has 0 unspecified atom stereocenters. The predicted octanol–water partition coefficient (Wildman–Crippen LogP) is -3.07. The average Bonchev–Trinajstić information content (AvgIpc) is 3.48. The number of aldehydes is 1. The van der Waals surface area contributed by atoms with Crippen molar-refractivity contribution in [3.63, 3.8) is 0 Å². The fraction of sp³-hybridized carbons (Fsp3) is 0.308. The summed E-state index contributed by atoms with van der Waals surface area (Å²) in [5.74, 6) is -3.99. The van der Waals surface area contributed by atoms with Gasteiger partial charge in [0.25, 0.3) is 11.5 Å². The molecule has 0 spiro atoms. The van der Waals surface area contributed by atoms with Crippen molar-refractivity contribution in [1.82, 2.24) is 14.4 Å². The van der Waals surface area contributed by atoms with Crippen LogP contribution in [0, 0.1) is 6.92 Å². The van der Waals surface area contributed by atoms with Gasteiger partial charge in [-0.3, -0.25) is 38.3 Å². The monoisotopic (exact) mass is 704 g/mol. The molecule has 0 atom stereocenters. The maximum absolute atomic E-state index is 13.6. The van der Waals surface area contributed by atoms with Gasteiger partial charge in [0, 0.05) is 29.8 Å². The number of aliphatic carboxylic acids is 2. The number of fused-ring (bicyclic) bond motifs is 1. The number of amides is 1. The number of benzene rings is 1. The average molecular weight is 705 g/mol. The van der Waals surface area contributed by atoms with Crippen molar-refractivity contribution in [1.29, 1.82) is 0 Å². The minimum atomic E-state index is -4.47. The molecule has 19 heteroatoms. The molecular weight excluding hydrogens is 680 g/mol. The minimum Gasteiger partial charge on any atom is -0.748 e. The molecule has 2 aliphatic heterocycles. The number of rotatable bonds is 10. The van der Waals surface area contributed by atoms with Crippen LogP contribution in [0.15, 0.2) is 32.9 Å². The van der Waals surface area contributed by atoms with E-state index in [-0.39, 0.29) is 62.5 Å². The summed E-state index contributed by atoms with van der Waals surface area (Å²) in [6.07, 6.45) is 2.33. The van der Waals surface area contributed by atoms with E-state index >= 15 is 0 Å². The minimum absolute atomic E-state index is 0. The molecule has 0 radical (unpaired) electrons. The van der Waals surface area contributed by atoms with E-state index < -0.39 is 52.4 Å². The Morgan fingerprint density at radius 2 is 1.76 bits per heavy atom. The third kappa shape index (κ3) is 7.76. The maximum Gasteiger partial charge on any atom is 1.00 e. The molecule has 45 heavy (non-hydrogen) atoms. The number of thiocarbonyl (C=S) groups is 1. The molecule has 2 aliphatic rings. The van der Waals surface area contributed by atoms with Gasteiger partial charge in [-0.25, -0.2) is 8.42 Å². The number of hydrogen-bond donors (Lipinski definition) is 2. The number of hydrogen-bond acceptors (Lipinski definition) is 12. The summed E-state index contributed by atoms with van der Waals surface area (Å²) < 4.78 is 34.6. The summed E-state index contributed by atoms with van der Waals surface area (Å²) in [4.78, 5) is 66.1. The number of nitrogens with zero attached hydrogens (tertiary/aromatic N) is 4. The van der Waals surface area contributed by atoms with Crippen LogP contribution in [0.4, 0.5) is 5.69 Å². The first-order valence-corrected chi connectivity index (χ1v) is 16.3. The summed E-state index contributed by atoms with van der Waals surface area (Å²) in [7, 11) is -3.14. The van der Waals surface area contributed by atoms with Crippen LogP contribution in [0.1, 0.15) is 29.3 Å². The molecule has 4 rings (SSSR count). The second-order valence-corrected chi connectivity index (χ2v) is 13.8. The zero-order chi connectivity index (χ0) is 32.7. The Kier molecular flexibility index (Phi) is 11.6. The standard InChI is InChI=1S/C26H26N4O10S4.Na/c1-13-7-16-17(9-15(13)12-31)42-18(28(16)5-4-6-44(38,39)40)8-14(2)22-24(37)30(11-20(34)35)25(43-22)21-23(36)27(3)26(41)29(21)10-19(32)33;/h7-9,12H,4-6,10-11H2,1-3H3,(H,32,33)(H,34,35)(H,38,39,40);/q;+1/p-1/b18-8?,22-14?,25-21+;. The number of carboxylic acid groups (broad SMARTS) is 2. The van der Waals surface area contributed by atoms with Crippen LogP contribution in [-0.2, 0) is 31.0 Å². The fourth-order valence-electron chi connectivity index (χ4n) is 4.62.